The third-order valence-corrected chi connectivity index (χ3v) is 5.65. The lowest BCUT2D eigenvalue weighted by atomic mass is 9.87. The van der Waals surface area contributed by atoms with E-state index in [0.29, 0.717) is 5.69 Å². The van der Waals surface area contributed by atoms with Crippen molar-refractivity contribution in [1.29, 1.82) is 0 Å². The van der Waals surface area contributed by atoms with Gasteiger partial charge in [0.1, 0.15) is 11.5 Å². The Bertz CT molecular complexity index is 1260. The first-order valence-corrected chi connectivity index (χ1v) is 11.4. The molecule has 35 heavy (non-hydrogen) atoms. The first kappa shape index (κ1) is 25.8. The van der Waals surface area contributed by atoms with Crippen LogP contribution in [0.15, 0.2) is 64.2 Å². The molecule has 3 rings (SSSR count). The number of nitrogens with zero attached hydrogens (tertiary/aromatic N) is 2. The summed E-state index contributed by atoms with van der Waals surface area (Å²) < 4.78 is 6.46. The summed E-state index contributed by atoms with van der Waals surface area (Å²) in [4.78, 5) is 42.0. The standard InChI is InChI=1S/C26H33N5O4/c1-26(2,3)19-10-12-20(13-11-19)28-21(32)17-30(14-15-35-4)22-23(27)31(25(34)29-24(22)33)16-18-8-6-5-7-9-18/h5-13H,14-17,27H2,1-4H3,(H,28,32)(H,29,33,34). The highest BCUT2D eigenvalue weighted by molar-refractivity contribution is 5.94. The molecule has 0 bridgehead atoms. The number of rotatable bonds is 9. The van der Waals surface area contributed by atoms with Gasteiger partial charge in [0.05, 0.1) is 19.7 Å². The van der Waals surface area contributed by atoms with Crippen LogP contribution in [0.4, 0.5) is 17.2 Å². The summed E-state index contributed by atoms with van der Waals surface area (Å²) >= 11 is 0. The lowest BCUT2D eigenvalue weighted by Gasteiger charge is -2.25. The molecule has 1 amide bonds. The second-order valence-electron chi connectivity index (χ2n) is 9.35. The molecule has 186 valence electrons. The van der Waals surface area contributed by atoms with Gasteiger partial charge in [-0.3, -0.25) is 19.1 Å². The van der Waals surface area contributed by atoms with Crippen molar-refractivity contribution in [3.05, 3.63) is 86.6 Å². The number of hydrogen-bond donors (Lipinski definition) is 3. The number of aromatic nitrogens is 2. The summed E-state index contributed by atoms with van der Waals surface area (Å²) in [6, 6.07) is 16.9. The number of benzene rings is 2. The van der Waals surface area contributed by atoms with E-state index in [-0.39, 0.29) is 49.1 Å². The van der Waals surface area contributed by atoms with Crippen molar-refractivity contribution < 1.29 is 9.53 Å². The van der Waals surface area contributed by atoms with E-state index in [1.54, 1.807) is 0 Å². The Labute approximate surface area is 204 Å². The summed E-state index contributed by atoms with van der Waals surface area (Å²) in [5.74, 6) is -0.342. The van der Waals surface area contributed by atoms with Crippen molar-refractivity contribution in [3.8, 4) is 0 Å². The lowest BCUT2D eigenvalue weighted by molar-refractivity contribution is -0.115. The highest BCUT2D eigenvalue weighted by atomic mass is 16.5. The van der Waals surface area contributed by atoms with Gasteiger partial charge in [-0.2, -0.15) is 0 Å². The Morgan fingerprint density at radius 3 is 2.34 bits per heavy atom. The Hall–Kier alpha value is -3.85. The number of nitrogen functional groups attached to an aromatic ring is 1. The molecule has 0 fully saturated rings. The van der Waals surface area contributed by atoms with Gasteiger partial charge in [-0.25, -0.2) is 4.79 Å². The SMILES string of the molecule is COCCN(CC(=O)Nc1ccc(C(C)(C)C)cc1)c1c(N)n(Cc2ccccc2)c(=O)[nH]c1=O. The van der Waals surface area contributed by atoms with E-state index in [2.05, 4.69) is 31.1 Å². The topological polar surface area (TPSA) is 122 Å². The fourth-order valence-corrected chi connectivity index (χ4v) is 3.70. The molecule has 0 aliphatic heterocycles. The highest BCUT2D eigenvalue weighted by Gasteiger charge is 2.21. The number of aromatic amines is 1. The smallest absolute Gasteiger partial charge is 0.330 e. The minimum absolute atomic E-state index is 0.000887. The van der Waals surface area contributed by atoms with Crippen LogP contribution < -0.4 is 27.2 Å². The molecule has 0 atom stereocenters. The molecule has 0 saturated heterocycles. The van der Waals surface area contributed by atoms with Gasteiger partial charge in [0, 0.05) is 19.3 Å². The average molecular weight is 480 g/mol. The quantitative estimate of drug-likeness (QED) is 0.434. The van der Waals surface area contributed by atoms with Crippen molar-refractivity contribution in [2.75, 3.05) is 42.8 Å². The van der Waals surface area contributed by atoms with E-state index in [4.69, 9.17) is 10.5 Å². The molecule has 3 aromatic rings. The van der Waals surface area contributed by atoms with Crippen LogP contribution in [-0.2, 0) is 21.5 Å². The van der Waals surface area contributed by atoms with Gasteiger partial charge >= 0.3 is 5.69 Å². The number of nitrogens with one attached hydrogen (secondary N) is 2. The van der Waals surface area contributed by atoms with Gasteiger partial charge in [-0.05, 0) is 28.7 Å². The van der Waals surface area contributed by atoms with E-state index < -0.39 is 11.2 Å². The number of ether oxygens (including phenoxy) is 1. The summed E-state index contributed by atoms with van der Waals surface area (Å²) in [7, 11) is 1.53. The Kier molecular flexibility index (Phi) is 8.14. The highest BCUT2D eigenvalue weighted by Crippen LogP contribution is 2.23. The molecule has 2 aromatic carbocycles. The maximum atomic E-state index is 12.9. The Morgan fingerprint density at radius 1 is 1.09 bits per heavy atom. The number of nitrogens with two attached hydrogens (primary N) is 1. The van der Waals surface area contributed by atoms with Crippen molar-refractivity contribution in [2.45, 2.75) is 32.7 Å². The molecule has 0 aliphatic rings. The largest absolute Gasteiger partial charge is 0.383 e. The zero-order valence-electron chi connectivity index (χ0n) is 20.6. The summed E-state index contributed by atoms with van der Waals surface area (Å²) in [6.07, 6.45) is 0. The first-order chi connectivity index (χ1) is 16.6. The van der Waals surface area contributed by atoms with Crippen molar-refractivity contribution in [2.24, 2.45) is 0 Å². The monoisotopic (exact) mass is 479 g/mol. The number of carbonyl (C=O) groups is 1. The van der Waals surface area contributed by atoms with Crippen LogP contribution in [0.1, 0.15) is 31.9 Å². The zero-order chi connectivity index (χ0) is 25.6. The molecular weight excluding hydrogens is 446 g/mol. The number of hydrogen-bond acceptors (Lipinski definition) is 6. The van der Waals surface area contributed by atoms with Gasteiger partial charge in [-0.1, -0.05) is 63.2 Å². The summed E-state index contributed by atoms with van der Waals surface area (Å²) in [5.41, 5.74) is 7.74. The van der Waals surface area contributed by atoms with Crippen LogP contribution in [-0.4, -0.2) is 42.3 Å². The minimum Gasteiger partial charge on any atom is -0.383 e. The van der Waals surface area contributed by atoms with Crippen LogP contribution in [0.25, 0.3) is 0 Å². The molecule has 1 aromatic heterocycles. The second-order valence-corrected chi connectivity index (χ2v) is 9.35. The fraction of sp³-hybridized carbons (Fsp3) is 0.346. The maximum Gasteiger partial charge on any atom is 0.330 e. The van der Waals surface area contributed by atoms with Gasteiger partial charge in [-0.15, -0.1) is 0 Å². The number of H-pyrrole nitrogens is 1. The van der Waals surface area contributed by atoms with Crippen LogP contribution in [0.2, 0.25) is 0 Å². The van der Waals surface area contributed by atoms with Crippen LogP contribution >= 0.6 is 0 Å². The molecule has 9 heteroatoms. The van der Waals surface area contributed by atoms with Crippen molar-refractivity contribution in [1.82, 2.24) is 9.55 Å². The van der Waals surface area contributed by atoms with Crippen molar-refractivity contribution >= 4 is 23.1 Å². The number of anilines is 3. The van der Waals surface area contributed by atoms with E-state index >= 15 is 0 Å². The summed E-state index contributed by atoms with van der Waals surface area (Å²) in [5, 5.41) is 2.86. The zero-order valence-corrected chi connectivity index (χ0v) is 20.6. The summed E-state index contributed by atoms with van der Waals surface area (Å²) in [6.45, 7) is 6.86. The molecule has 0 radical (unpaired) electrons. The molecule has 9 nitrogen and oxygen atoms in total. The molecule has 1 heterocycles. The molecule has 0 unspecified atom stereocenters. The molecular formula is C26H33N5O4. The third-order valence-electron chi connectivity index (χ3n) is 5.65. The molecule has 0 spiro atoms. The van der Waals surface area contributed by atoms with Crippen molar-refractivity contribution in [3.63, 3.8) is 0 Å². The number of amides is 1. The van der Waals surface area contributed by atoms with Crippen LogP contribution in [0, 0.1) is 0 Å². The average Bonchev–Trinajstić information content (AvgIpc) is 2.80. The lowest BCUT2D eigenvalue weighted by Crippen LogP contribution is -2.42. The van der Waals surface area contributed by atoms with Gasteiger partial charge in [0.25, 0.3) is 5.56 Å². The normalized spacial score (nSPS) is 11.3. The minimum atomic E-state index is -0.657. The Morgan fingerprint density at radius 2 is 1.74 bits per heavy atom. The first-order valence-electron chi connectivity index (χ1n) is 11.4. The van der Waals surface area contributed by atoms with Gasteiger partial charge in [0.2, 0.25) is 5.91 Å². The third kappa shape index (κ3) is 6.60. The number of methoxy groups -OCH3 is 1. The van der Waals surface area contributed by atoms with E-state index in [1.165, 1.54) is 16.6 Å². The molecule has 0 saturated carbocycles. The predicted octanol–water partition coefficient (Wildman–Crippen LogP) is 2.56. The van der Waals surface area contributed by atoms with Crippen LogP contribution in [0.5, 0.6) is 0 Å². The van der Waals surface area contributed by atoms with Crippen LogP contribution in [0.3, 0.4) is 0 Å². The van der Waals surface area contributed by atoms with E-state index in [0.717, 1.165) is 11.1 Å². The molecule has 0 aliphatic carbocycles. The number of carbonyl (C=O) groups excluding carboxylic acids is 1. The maximum absolute atomic E-state index is 12.9. The van der Waals surface area contributed by atoms with Gasteiger partial charge < -0.3 is 20.7 Å². The Balaban J connectivity index is 1.87. The van der Waals surface area contributed by atoms with E-state index in [9.17, 15) is 14.4 Å². The van der Waals surface area contributed by atoms with E-state index in [1.807, 2.05) is 54.6 Å². The second kappa shape index (κ2) is 11.1. The predicted molar refractivity (Wildman–Crippen MR) is 139 cm³/mol. The molecule has 4 N–H and O–H groups in total. The fourth-order valence-electron chi connectivity index (χ4n) is 3.70. The van der Waals surface area contributed by atoms with Gasteiger partial charge in [0.15, 0.2) is 0 Å².